The van der Waals surface area contributed by atoms with Crippen molar-refractivity contribution in [2.75, 3.05) is 7.05 Å². The number of hydrogen-bond donors (Lipinski definition) is 1. The van der Waals surface area contributed by atoms with Gasteiger partial charge in [-0.25, -0.2) is 8.78 Å². The molecule has 5 heteroatoms. The molecule has 1 aromatic rings. The Bertz CT molecular complexity index is 434. The predicted molar refractivity (Wildman–Crippen MR) is 75.7 cm³/mol. The van der Waals surface area contributed by atoms with Gasteiger partial charge in [-0.05, 0) is 24.5 Å². The number of terminal acetylenes is 1. The second-order valence-electron chi connectivity index (χ2n) is 3.83. The highest BCUT2D eigenvalue weighted by Gasteiger charge is 2.16. The fourth-order valence-electron chi connectivity index (χ4n) is 1.47. The van der Waals surface area contributed by atoms with Crippen LogP contribution in [-0.4, -0.2) is 13.5 Å². The van der Waals surface area contributed by atoms with E-state index in [1.807, 2.05) is 0 Å². The van der Waals surface area contributed by atoms with Gasteiger partial charge in [0.15, 0.2) is 0 Å². The highest BCUT2D eigenvalue weighted by atomic mass is 79.9. The predicted octanol–water partition coefficient (Wildman–Crippen LogP) is 3.61. The summed E-state index contributed by atoms with van der Waals surface area (Å²) in [6.07, 6.45) is 6.85. The maximum Gasteiger partial charge on any atom is 0.206 e. The minimum Gasteiger partial charge on any atom is -0.362 e. The first-order chi connectivity index (χ1) is 8.97. The summed E-state index contributed by atoms with van der Waals surface area (Å²) in [6, 6.07) is 2.54. The number of rotatable bonds is 4. The van der Waals surface area contributed by atoms with Crippen molar-refractivity contribution in [1.82, 2.24) is 5.32 Å². The molecule has 0 aliphatic rings. The van der Waals surface area contributed by atoms with Gasteiger partial charge in [0, 0.05) is 23.5 Å². The number of carbonyl (C=O) groups is 1. The lowest BCUT2D eigenvalue weighted by Crippen LogP contribution is -2.01. The highest BCUT2D eigenvalue weighted by molar-refractivity contribution is 9.10. The number of benzene rings is 1. The lowest BCUT2D eigenvalue weighted by molar-refractivity contribution is -0.109. The third-order valence-corrected chi connectivity index (χ3v) is 2.83. The molecule has 19 heavy (non-hydrogen) atoms. The first-order valence-electron chi connectivity index (χ1n) is 5.66. The second-order valence-corrected chi connectivity index (χ2v) is 4.75. The van der Waals surface area contributed by atoms with Crippen molar-refractivity contribution in [3.8, 4) is 12.3 Å². The molecule has 2 nitrogen and oxygen atoms in total. The third-order valence-electron chi connectivity index (χ3n) is 2.38. The fourth-order valence-corrected chi connectivity index (χ4v) is 1.87. The molecule has 0 heterocycles. The summed E-state index contributed by atoms with van der Waals surface area (Å²) in [5.41, 5.74) is 0.119. The molecule has 0 aliphatic heterocycles. The van der Waals surface area contributed by atoms with Gasteiger partial charge in [0.1, 0.15) is 11.6 Å². The molecule has 0 spiro atoms. The van der Waals surface area contributed by atoms with Gasteiger partial charge in [-0.2, -0.15) is 0 Å². The van der Waals surface area contributed by atoms with Gasteiger partial charge in [-0.3, -0.25) is 4.79 Å². The molecule has 0 radical (unpaired) electrons. The molecular formula is C14H16BrF2NO. The topological polar surface area (TPSA) is 29.1 Å². The zero-order valence-corrected chi connectivity index (χ0v) is 12.4. The minimum absolute atomic E-state index is 0.119. The quantitative estimate of drug-likeness (QED) is 0.662. The number of nitrogens with one attached hydrogen (secondary N) is 1. The van der Waals surface area contributed by atoms with Crippen molar-refractivity contribution in [2.45, 2.75) is 25.7 Å². The Balaban J connectivity index is 0.000000711. The van der Waals surface area contributed by atoms with Crippen molar-refractivity contribution in [3.05, 3.63) is 33.8 Å². The van der Waals surface area contributed by atoms with E-state index in [0.717, 1.165) is 0 Å². The van der Waals surface area contributed by atoms with E-state index in [-0.39, 0.29) is 11.5 Å². The van der Waals surface area contributed by atoms with E-state index in [0.29, 0.717) is 23.7 Å². The van der Waals surface area contributed by atoms with E-state index in [4.69, 9.17) is 11.2 Å². The summed E-state index contributed by atoms with van der Waals surface area (Å²) in [6.45, 7) is 1.77. The summed E-state index contributed by atoms with van der Waals surface area (Å²) in [4.78, 5) is 9.06. The Morgan fingerprint density at radius 2 is 1.95 bits per heavy atom. The van der Waals surface area contributed by atoms with Gasteiger partial charge in [-0.1, -0.05) is 22.9 Å². The van der Waals surface area contributed by atoms with Gasteiger partial charge in [0.05, 0.1) is 0 Å². The molecule has 0 fully saturated rings. The lowest BCUT2D eigenvalue weighted by atomic mass is 9.95. The molecule has 1 amide bonds. The molecule has 0 aliphatic carbocycles. The van der Waals surface area contributed by atoms with Crippen molar-refractivity contribution >= 4 is 22.3 Å². The zero-order valence-electron chi connectivity index (χ0n) is 10.8. The monoisotopic (exact) mass is 331 g/mol. The van der Waals surface area contributed by atoms with Crippen LogP contribution < -0.4 is 5.32 Å². The van der Waals surface area contributed by atoms with Gasteiger partial charge in [0.2, 0.25) is 6.41 Å². The highest BCUT2D eigenvalue weighted by Crippen LogP contribution is 2.28. The van der Waals surface area contributed by atoms with Crippen LogP contribution in [0.5, 0.6) is 0 Å². The van der Waals surface area contributed by atoms with Crippen molar-refractivity contribution in [1.29, 1.82) is 0 Å². The third kappa shape index (κ3) is 6.35. The van der Waals surface area contributed by atoms with Crippen LogP contribution in [0.2, 0.25) is 0 Å². The maximum atomic E-state index is 13.5. The van der Waals surface area contributed by atoms with Crippen LogP contribution in [0.3, 0.4) is 0 Å². The first kappa shape index (κ1) is 17.6. The molecule has 0 bridgehead atoms. The number of halogens is 3. The molecular weight excluding hydrogens is 316 g/mol. The summed E-state index contributed by atoms with van der Waals surface area (Å²) < 4.78 is 27.3. The standard InChI is InChI=1S/C12H11BrF2.C2H5NO/c1-3-4-5-8(2)12-10(14)6-9(13)7-11(12)15;1-3-2-4/h1,6-8H,4-5H2,2H3;2H,1H3,(H,3,4). The van der Waals surface area contributed by atoms with Gasteiger partial charge < -0.3 is 5.32 Å². The van der Waals surface area contributed by atoms with Crippen LogP contribution in [0.1, 0.15) is 31.2 Å². The lowest BCUT2D eigenvalue weighted by Gasteiger charge is -2.12. The van der Waals surface area contributed by atoms with E-state index >= 15 is 0 Å². The van der Waals surface area contributed by atoms with Crippen LogP contribution in [0.15, 0.2) is 16.6 Å². The molecule has 0 saturated carbocycles. The molecule has 104 valence electrons. The Labute approximate surface area is 120 Å². The van der Waals surface area contributed by atoms with Crippen molar-refractivity contribution in [3.63, 3.8) is 0 Å². The zero-order chi connectivity index (χ0) is 14.8. The Morgan fingerprint density at radius 1 is 1.47 bits per heavy atom. The average molecular weight is 332 g/mol. The molecule has 1 unspecified atom stereocenters. The van der Waals surface area contributed by atoms with Crippen LogP contribution in [-0.2, 0) is 4.79 Å². The fraction of sp³-hybridized carbons (Fsp3) is 0.357. The van der Waals surface area contributed by atoms with Crippen LogP contribution in [0, 0.1) is 24.0 Å². The van der Waals surface area contributed by atoms with Crippen molar-refractivity contribution < 1.29 is 13.6 Å². The molecule has 1 atom stereocenters. The van der Waals surface area contributed by atoms with Gasteiger partial charge >= 0.3 is 0 Å². The smallest absolute Gasteiger partial charge is 0.206 e. The number of amides is 1. The van der Waals surface area contributed by atoms with E-state index < -0.39 is 11.6 Å². The minimum atomic E-state index is -0.522. The number of hydrogen-bond acceptors (Lipinski definition) is 1. The first-order valence-corrected chi connectivity index (χ1v) is 6.46. The second kappa shape index (κ2) is 9.51. The Hall–Kier alpha value is -1.41. The normalized spacial score (nSPS) is 10.7. The van der Waals surface area contributed by atoms with E-state index in [9.17, 15) is 8.78 Å². The molecule has 1 aromatic carbocycles. The van der Waals surface area contributed by atoms with Crippen molar-refractivity contribution in [2.24, 2.45) is 0 Å². The average Bonchev–Trinajstić information content (AvgIpc) is 2.35. The Morgan fingerprint density at radius 3 is 2.32 bits per heavy atom. The summed E-state index contributed by atoms with van der Waals surface area (Å²) >= 11 is 3.04. The van der Waals surface area contributed by atoms with E-state index in [1.54, 1.807) is 14.0 Å². The van der Waals surface area contributed by atoms with Gasteiger partial charge in [0.25, 0.3) is 0 Å². The Kier molecular flexibility index (Phi) is 8.81. The summed E-state index contributed by atoms with van der Waals surface area (Å²) in [5, 5.41) is 2.25. The van der Waals surface area contributed by atoms with Crippen LogP contribution in [0.4, 0.5) is 8.78 Å². The molecule has 0 aromatic heterocycles. The van der Waals surface area contributed by atoms with Crippen LogP contribution in [0.25, 0.3) is 0 Å². The van der Waals surface area contributed by atoms with E-state index in [2.05, 4.69) is 27.2 Å². The maximum absolute atomic E-state index is 13.5. The van der Waals surface area contributed by atoms with Gasteiger partial charge in [-0.15, -0.1) is 12.3 Å². The SMILES string of the molecule is C#CCCC(C)c1c(F)cc(Br)cc1F.CNC=O. The molecule has 1 N–H and O–H groups in total. The van der Waals surface area contributed by atoms with E-state index in [1.165, 1.54) is 12.1 Å². The van der Waals surface area contributed by atoms with Crippen LogP contribution >= 0.6 is 15.9 Å². The largest absolute Gasteiger partial charge is 0.362 e. The summed E-state index contributed by atoms with van der Waals surface area (Å²) in [5.74, 6) is 1.22. The molecule has 0 saturated heterocycles. The number of carbonyl (C=O) groups excluding carboxylic acids is 1. The molecule has 1 rings (SSSR count). The summed E-state index contributed by atoms with van der Waals surface area (Å²) in [7, 11) is 1.56.